The van der Waals surface area contributed by atoms with Gasteiger partial charge in [0, 0.05) is 5.56 Å². The fourth-order valence-electron chi connectivity index (χ4n) is 1.43. The van der Waals surface area contributed by atoms with Crippen molar-refractivity contribution >= 4 is 18.0 Å². The van der Waals surface area contributed by atoms with Gasteiger partial charge in [0.2, 0.25) is 0 Å². The minimum Gasteiger partial charge on any atom is -0.465 e. The number of rotatable bonds is 3. The summed E-state index contributed by atoms with van der Waals surface area (Å²) in [4.78, 5) is 20.5. The number of hydrogen-bond acceptors (Lipinski definition) is 2. The van der Waals surface area contributed by atoms with Gasteiger partial charge in [-0.3, -0.25) is 4.79 Å². The minimum atomic E-state index is -1.33. The lowest BCUT2D eigenvalue weighted by Crippen LogP contribution is -2.03. The zero-order valence-corrected chi connectivity index (χ0v) is 10.8. The molecule has 0 aromatic heterocycles. The molecule has 0 saturated carbocycles. The number of allylic oxidation sites excluding steroid dienone is 1. The lowest BCUT2D eigenvalue weighted by atomic mass is 10.1. The van der Waals surface area contributed by atoms with E-state index in [-0.39, 0.29) is 5.78 Å². The molecule has 4 nitrogen and oxygen atoms in total. The Morgan fingerprint density at radius 2 is 1.35 bits per heavy atom. The third kappa shape index (κ3) is 6.16. The second-order valence-electron chi connectivity index (χ2n) is 3.81. The standard InChI is InChI=1S/C15H12O.CH3NO2/c16-15(14-9-5-2-6-10-14)12-11-13-7-3-1-4-8-13;2-1(3)4/h1-12H;2H2,(H,3,4). The van der Waals surface area contributed by atoms with Gasteiger partial charge in [0.25, 0.3) is 0 Å². The lowest BCUT2D eigenvalue weighted by Gasteiger charge is -1.94. The largest absolute Gasteiger partial charge is 0.465 e. The number of benzene rings is 2. The van der Waals surface area contributed by atoms with Crippen LogP contribution in [0.1, 0.15) is 15.9 Å². The van der Waals surface area contributed by atoms with E-state index in [9.17, 15) is 4.79 Å². The van der Waals surface area contributed by atoms with E-state index in [1.165, 1.54) is 0 Å². The molecule has 1 amide bonds. The summed E-state index contributed by atoms with van der Waals surface area (Å²) >= 11 is 0. The number of amides is 1. The average Bonchev–Trinajstić information content (AvgIpc) is 2.46. The van der Waals surface area contributed by atoms with E-state index in [2.05, 4.69) is 5.73 Å². The van der Waals surface area contributed by atoms with Crippen molar-refractivity contribution in [1.29, 1.82) is 0 Å². The summed E-state index contributed by atoms with van der Waals surface area (Å²) in [5, 5.41) is 7.19. The van der Waals surface area contributed by atoms with E-state index in [0.29, 0.717) is 0 Å². The molecule has 0 spiro atoms. The van der Waals surface area contributed by atoms with Gasteiger partial charge in [-0.1, -0.05) is 66.7 Å². The van der Waals surface area contributed by atoms with Gasteiger partial charge < -0.3 is 10.8 Å². The van der Waals surface area contributed by atoms with Crippen LogP contribution in [0.15, 0.2) is 66.7 Å². The van der Waals surface area contributed by atoms with Gasteiger partial charge in [-0.2, -0.15) is 0 Å². The molecule has 0 unspecified atom stereocenters. The molecule has 2 rings (SSSR count). The number of carbonyl (C=O) groups excluding carboxylic acids is 1. The molecule has 0 radical (unpaired) electrons. The van der Waals surface area contributed by atoms with Crippen molar-refractivity contribution < 1.29 is 14.7 Å². The molecule has 0 aliphatic heterocycles. The molecular formula is C16H15NO3. The number of primary amides is 1. The fraction of sp³-hybridized carbons (Fsp3) is 0. The predicted octanol–water partition coefficient (Wildman–Crippen LogP) is 3.21. The van der Waals surface area contributed by atoms with E-state index in [4.69, 9.17) is 9.90 Å². The van der Waals surface area contributed by atoms with Gasteiger partial charge in [0.15, 0.2) is 5.78 Å². The first-order valence-corrected chi connectivity index (χ1v) is 5.90. The number of carbonyl (C=O) groups is 2. The van der Waals surface area contributed by atoms with Crippen LogP contribution >= 0.6 is 0 Å². The van der Waals surface area contributed by atoms with Crippen molar-refractivity contribution in [3.8, 4) is 0 Å². The maximum Gasteiger partial charge on any atom is 0.402 e. The molecule has 0 saturated heterocycles. The maximum atomic E-state index is 11.7. The molecule has 0 fully saturated rings. The summed E-state index contributed by atoms with van der Waals surface area (Å²) < 4.78 is 0. The van der Waals surface area contributed by atoms with Crippen LogP contribution in [-0.2, 0) is 0 Å². The summed E-state index contributed by atoms with van der Waals surface area (Å²) in [6.45, 7) is 0. The molecule has 0 heterocycles. The Hall–Kier alpha value is -2.88. The molecule has 4 heteroatoms. The third-order valence-electron chi connectivity index (χ3n) is 2.29. The summed E-state index contributed by atoms with van der Waals surface area (Å²) in [5.41, 5.74) is 5.78. The van der Waals surface area contributed by atoms with Crippen LogP contribution in [0.2, 0.25) is 0 Å². The van der Waals surface area contributed by atoms with Crippen molar-refractivity contribution in [2.45, 2.75) is 0 Å². The van der Waals surface area contributed by atoms with Crippen LogP contribution in [0.4, 0.5) is 4.79 Å². The molecule has 0 aliphatic rings. The first-order valence-electron chi connectivity index (χ1n) is 5.90. The van der Waals surface area contributed by atoms with Crippen LogP contribution in [0, 0.1) is 0 Å². The van der Waals surface area contributed by atoms with E-state index in [1.54, 1.807) is 6.08 Å². The number of nitrogens with two attached hydrogens (primary N) is 1. The Labute approximate surface area is 117 Å². The van der Waals surface area contributed by atoms with Gasteiger partial charge in [-0.25, -0.2) is 4.79 Å². The van der Waals surface area contributed by atoms with Crippen molar-refractivity contribution in [2.75, 3.05) is 0 Å². The number of carboxylic acid groups (broad SMARTS) is 1. The monoisotopic (exact) mass is 269 g/mol. The van der Waals surface area contributed by atoms with Crippen molar-refractivity contribution in [1.82, 2.24) is 0 Å². The van der Waals surface area contributed by atoms with E-state index >= 15 is 0 Å². The van der Waals surface area contributed by atoms with Crippen LogP contribution in [0.25, 0.3) is 6.08 Å². The average molecular weight is 269 g/mol. The van der Waals surface area contributed by atoms with Crippen LogP contribution in [0.3, 0.4) is 0 Å². The summed E-state index contributed by atoms with van der Waals surface area (Å²) in [5.74, 6) is 0.0319. The quantitative estimate of drug-likeness (QED) is 0.663. The molecule has 102 valence electrons. The zero-order chi connectivity index (χ0) is 14.8. The number of hydrogen-bond donors (Lipinski definition) is 2. The zero-order valence-electron chi connectivity index (χ0n) is 10.8. The topological polar surface area (TPSA) is 80.4 Å². The Morgan fingerprint density at radius 1 is 0.900 bits per heavy atom. The highest BCUT2D eigenvalue weighted by molar-refractivity contribution is 6.06. The van der Waals surface area contributed by atoms with Crippen LogP contribution < -0.4 is 5.73 Å². The van der Waals surface area contributed by atoms with Gasteiger partial charge in [-0.05, 0) is 11.6 Å². The highest BCUT2D eigenvalue weighted by Crippen LogP contribution is 2.05. The summed E-state index contributed by atoms with van der Waals surface area (Å²) in [6.07, 6.45) is 2.10. The first-order chi connectivity index (χ1) is 9.59. The third-order valence-corrected chi connectivity index (χ3v) is 2.29. The van der Waals surface area contributed by atoms with Gasteiger partial charge in [0.05, 0.1) is 0 Å². The Balaban J connectivity index is 0.000000444. The van der Waals surface area contributed by atoms with E-state index < -0.39 is 6.09 Å². The molecule has 0 atom stereocenters. The maximum absolute atomic E-state index is 11.7. The normalized spacial score (nSPS) is 9.60. The second-order valence-corrected chi connectivity index (χ2v) is 3.81. The Morgan fingerprint density at radius 3 is 1.85 bits per heavy atom. The SMILES string of the molecule is NC(=O)O.O=C(C=Cc1ccccc1)c1ccccc1. The summed E-state index contributed by atoms with van der Waals surface area (Å²) in [6, 6.07) is 19.1. The molecular weight excluding hydrogens is 254 g/mol. The summed E-state index contributed by atoms with van der Waals surface area (Å²) in [7, 11) is 0. The molecule has 2 aromatic rings. The van der Waals surface area contributed by atoms with Crippen LogP contribution in [-0.4, -0.2) is 17.0 Å². The van der Waals surface area contributed by atoms with Crippen molar-refractivity contribution in [2.24, 2.45) is 5.73 Å². The molecule has 0 aliphatic carbocycles. The molecule has 0 bridgehead atoms. The molecule has 20 heavy (non-hydrogen) atoms. The van der Waals surface area contributed by atoms with Crippen LogP contribution in [0.5, 0.6) is 0 Å². The van der Waals surface area contributed by atoms with Crippen molar-refractivity contribution in [3.63, 3.8) is 0 Å². The lowest BCUT2D eigenvalue weighted by molar-refractivity contribution is 0.104. The highest BCUT2D eigenvalue weighted by atomic mass is 16.4. The van der Waals surface area contributed by atoms with Gasteiger partial charge in [-0.15, -0.1) is 0 Å². The van der Waals surface area contributed by atoms with Crippen molar-refractivity contribution in [3.05, 3.63) is 77.9 Å². The Kier molecular flexibility index (Phi) is 6.27. The second kappa shape index (κ2) is 8.26. The Bertz CT molecular complexity index is 573. The predicted molar refractivity (Wildman–Crippen MR) is 78.5 cm³/mol. The molecule has 3 N–H and O–H groups in total. The smallest absolute Gasteiger partial charge is 0.402 e. The highest BCUT2D eigenvalue weighted by Gasteiger charge is 1.98. The first kappa shape index (κ1) is 15.2. The molecule has 2 aromatic carbocycles. The minimum absolute atomic E-state index is 0.0319. The van der Waals surface area contributed by atoms with Gasteiger partial charge in [0.1, 0.15) is 0 Å². The van der Waals surface area contributed by atoms with Gasteiger partial charge >= 0.3 is 6.09 Å². The number of ketones is 1. The van der Waals surface area contributed by atoms with E-state index in [1.807, 2.05) is 66.7 Å². The fourth-order valence-corrected chi connectivity index (χ4v) is 1.43. The van der Waals surface area contributed by atoms with E-state index in [0.717, 1.165) is 11.1 Å².